The Kier molecular flexibility index (Phi) is 1.55. The number of nitrogens with one attached hydrogen (secondary N) is 1. The molecule has 0 aromatic heterocycles. The summed E-state index contributed by atoms with van der Waals surface area (Å²) in [4.78, 5) is 11.1. The first-order chi connectivity index (χ1) is 6.09. The van der Waals surface area contributed by atoms with Crippen molar-refractivity contribution >= 4 is 11.6 Å². The topological polar surface area (TPSA) is 49.3 Å². The maximum atomic E-state index is 11.1. The van der Waals surface area contributed by atoms with Crippen LogP contribution >= 0.6 is 0 Å². The zero-order chi connectivity index (χ0) is 9.59. The minimum absolute atomic E-state index is 0.0426. The van der Waals surface area contributed by atoms with Crippen molar-refractivity contribution in [2.75, 3.05) is 5.32 Å². The first kappa shape index (κ1) is 8.10. The summed E-state index contributed by atoms with van der Waals surface area (Å²) in [6.45, 7) is 3.77. The number of fused-ring (bicyclic) bond motifs is 1. The van der Waals surface area contributed by atoms with Gasteiger partial charge >= 0.3 is 0 Å². The maximum absolute atomic E-state index is 11.1. The van der Waals surface area contributed by atoms with E-state index >= 15 is 0 Å². The van der Waals surface area contributed by atoms with Gasteiger partial charge in [-0.25, -0.2) is 0 Å². The second kappa shape index (κ2) is 2.49. The van der Waals surface area contributed by atoms with Crippen molar-refractivity contribution in [2.24, 2.45) is 0 Å². The number of anilines is 1. The summed E-state index contributed by atoms with van der Waals surface area (Å²) in [5.41, 5.74) is 3.36. The zero-order valence-electron chi connectivity index (χ0n) is 7.64. The number of hydrogen-bond acceptors (Lipinski definition) is 2. The van der Waals surface area contributed by atoms with E-state index in [0.29, 0.717) is 6.42 Å². The molecule has 0 atom stereocenters. The van der Waals surface area contributed by atoms with Gasteiger partial charge in [0.25, 0.3) is 0 Å². The Hall–Kier alpha value is -1.51. The van der Waals surface area contributed by atoms with Gasteiger partial charge in [0.1, 0.15) is 5.75 Å². The summed E-state index contributed by atoms with van der Waals surface area (Å²) in [7, 11) is 0. The van der Waals surface area contributed by atoms with Crippen molar-refractivity contribution in [3.05, 3.63) is 22.8 Å². The molecule has 1 aromatic rings. The minimum Gasteiger partial charge on any atom is -0.507 e. The van der Waals surface area contributed by atoms with E-state index in [0.717, 1.165) is 22.4 Å². The SMILES string of the molecule is Cc1cc(C)c2c(c1O)CC(=O)N2. The van der Waals surface area contributed by atoms with Gasteiger partial charge in [0.2, 0.25) is 5.91 Å². The highest BCUT2D eigenvalue weighted by molar-refractivity contribution is 6.01. The second-order valence-corrected chi connectivity index (χ2v) is 3.44. The van der Waals surface area contributed by atoms with Crippen LogP contribution < -0.4 is 5.32 Å². The molecule has 2 rings (SSSR count). The van der Waals surface area contributed by atoms with Crippen LogP contribution in [-0.2, 0) is 11.2 Å². The number of carbonyl (C=O) groups is 1. The smallest absolute Gasteiger partial charge is 0.229 e. The van der Waals surface area contributed by atoms with E-state index in [1.165, 1.54) is 0 Å². The van der Waals surface area contributed by atoms with Crippen LogP contribution in [0, 0.1) is 13.8 Å². The molecule has 0 spiro atoms. The fourth-order valence-corrected chi connectivity index (χ4v) is 1.75. The highest BCUT2D eigenvalue weighted by atomic mass is 16.3. The Bertz CT molecular complexity index is 396. The molecular formula is C10H11NO2. The largest absolute Gasteiger partial charge is 0.507 e. The van der Waals surface area contributed by atoms with Crippen LogP contribution in [-0.4, -0.2) is 11.0 Å². The van der Waals surface area contributed by atoms with Gasteiger partial charge in [0.05, 0.1) is 12.1 Å². The van der Waals surface area contributed by atoms with Crippen molar-refractivity contribution in [1.29, 1.82) is 0 Å². The predicted octanol–water partition coefficient (Wildman–Crippen LogP) is 1.50. The van der Waals surface area contributed by atoms with Crippen LogP contribution in [0.5, 0.6) is 5.75 Å². The number of carbonyl (C=O) groups excluding carboxylic acids is 1. The highest BCUT2D eigenvalue weighted by Crippen LogP contribution is 2.36. The van der Waals surface area contributed by atoms with E-state index in [9.17, 15) is 9.90 Å². The number of aromatic hydroxyl groups is 1. The molecule has 1 heterocycles. The summed E-state index contributed by atoms with van der Waals surface area (Å²) in [5.74, 6) is 0.206. The Balaban J connectivity index is 2.69. The predicted molar refractivity (Wildman–Crippen MR) is 49.9 cm³/mol. The standard InChI is InChI=1S/C10H11NO2/c1-5-3-6(2)10(13)7-4-8(12)11-9(5)7/h3,13H,4H2,1-2H3,(H,11,12). The van der Waals surface area contributed by atoms with Crippen LogP contribution in [0.1, 0.15) is 16.7 Å². The number of benzene rings is 1. The summed E-state index contributed by atoms with van der Waals surface area (Å²) in [5, 5.41) is 12.4. The van der Waals surface area contributed by atoms with Crippen LogP contribution in [0.15, 0.2) is 6.07 Å². The molecule has 1 aliphatic heterocycles. The van der Waals surface area contributed by atoms with Gasteiger partial charge in [-0.2, -0.15) is 0 Å². The van der Waals surface area contributed by atoms with Gasteiger partial charge in [-0.05, 0) is 25.0 Å². The fraction of sp³-hybridized carbons (Fsp3) is 0.300. The fourth-order valence-electron chi connectivity index (χ4n) is 1.75. The second-order valence-electron chi connectivity index (χ2n) is 3.44. The van der Waals surface area contributed by atoms with E-state index in [-0.39, 0.29) is 11.7 Å². The molecular weight excluding hydrogens is 166 g/mol. The summed E-state index contributed by atoms with van der Waals surface area (Å²) in [6, 6.07) is 1.87. The van der Waals surface area contributed by atoms with Gasteiger partial charge in [-0.3, -0.25) is 4.79 Å². The Morgan fingerprint density at radius 3 is 2.77 bits per heavy atom. The summed E-state index contributed by atoms with van der Waals surface area (Å²) >= 11 is 0. The molecule has 0 bridgehead atoms. The molecule has 0 aliphatic carbocycles. The third kappa shape index (κ3) is 1.08. The molecule has 1 aliphatic rings. The van der Waals surface area contributed by atoms with Gasteiger partial charge in [0.15, 0.2) is 0 Å². The number of aryl methyl sites for hydroxylation is 2. The number of hydrogen-bond donors (Lipinski definition) is 2. The van der Waals surface area contributed by atoms with E-state index < -0.39 is 0 Å². The molecule has 0 unspecified atom stereocenters. The van der Waals surface area contributed by atoms with Crippen molar-refractivity contribution in [1.82, 2.24) is 0 Å². The molecule has 3 nitrogen and oxygen atoms in total. The molecule has 1 aromatic carbocycles. The monoisotopic (exact) mass is 177 g/mol. The molecule has 0 radical (unpaired) electrons. The van der Waals surface area contributed by atoms with Crippen LogP contribution in [0.3, 0.4) is 0 Å². The molecule has 3 heteroatoms. The lowest BCUT2D eigenvalue weighted by Gasteiger charge is -2.07. The van der Waals surface area contributed by atoms with Gasteiger partial charge in [-0.1, -0.05) is 6.07 Å². The number of phenols is 1. The first-order valence-electron chi connectivity index (χ1n) is 4.21. The molecule has 2 N–H and O–H groups in total. The first-order valence-corrected chi connectivity index (χ1v) is 4.21. The van der Waals surface area contributed by atoms with E-state index in [2.05, 4.69) is 5.32 Å². The van der Waals surface area contributed by atoms with Crippen LogP contribution in [0.4, 0.5) is 5.69 Å². The van der Waals surface area contributed by atoms with Crippen molar-refractivity contribution in [2.45, 2.75) is 20.3 Å². The number of rotatable bonds is 0. The van der Waals surface area contributed by atoms with Crippen molar-refractivity contribution in [3.63, 3.8) is 0 Å². The average Bonchev–Trinajstić information content (AvgIpc) is 2.44. The minimum atomic E-state index is -0.0426. The lowest BCUT2D eigenvalue weighted by Crippen LogP contribution is -2.04. The number of amides is 1. The van der Waals surface area contributed by atoms with Crippen molar-refractivity contribution < 1.29 is 9.90 Å². The summed E-state index contributed by atoms with van der Waals surface area (Å²) in [6.07, 6.45) is 0.295. The quantitative estimate of drug-likeness (QED) is 0.631. The average molecular weight is 177 g/mol. The number of phenolic OH excluding ortho intramolecular Hbond substituents is 1. The third-order valence-electron chi connectivity index (χ3n) is 2.39. The van der Waals surface area contributed by atoms with E-state index in [1.807, 2.05) is 19.9 Å². The van der Waals surface area contributed by atoms with E-state index in [1.54, 1.807) is 0 Å². The maximum Gasteiger partial charge on any atom is 0.229 e. The molecule has 68 valence electrons. The normalized spacial score (nSPS) is 14.2. The Labute approximate surface area is 76.4 Å². The Morgan fingerprint density at radius 2 is 2.08 bits per heavy atom. The van der Waals surface area contributed by atoms with Crippen LogP contribution in [0.25, 0.3) is 0 Å². The molecule has 0 fully saturated rings. The lowest BCUT2D eigenvalue weighted by atomic mass is 10.0. The van der Waals surface area contributed by atoms with Gasteiger partial charge < -0.3 is 10.4 Å². The molecule has 0 saturated carbocycles. The molecule has 1 amide bonds. The zero-order valence-corrected chi connectivity index (χ0v) is 7.64. The lowest BCUT2D eigenvalue weighted by molar-refractivity contribution is -0.115. The van der Waals surface area contributed by atoms with E-state index in [4.69, 9.17) is 0 Å². The third-order valence-corrected chi connectivity index (χ3v) is 2.39. The van der Waals surface area contributed by atoms with Crippen LogP contribution in [0.2, 0.25) is 0 Å². The molecule has 13 heavy (non-hydrogen) atoms. The molecule has 0 saturated heterocycles. The van der Waals surface area contributed by atoms with Gasteiger partial charge in [0, 0.05) is 5.56 Å². The van der Waals surface area contributed by atoms with Crippen molar-refractivity contribution in [3.8, 4) is 5.75 Å². The summed E-state index contributed by atoms with van der Waals surface area (Å²) < 4.78 is 0. The Morgan fingerprint density at radius 1 is 1.38 bits per heavy atom. The van der Waals surface area contributed by atoms with Gasteiger partial charge in [-0.15, -0.1) is 0 Å². The highest BCUT2D eigenvalue weighted by Gasteiger charge is 2.23.